The number of rotatable bonds is 6. The van der Waals surface area contributed by atoms with Crippen molar-refractivity contribution in [2.24, 2.45) is 0 Å². The number of anilines is 1. The molecule has 1 aliphatic rings. The lowest BCUT2D eigenvalue weighted by atomic mass is 10.1. The van der Waals surface area contributed by atoms with E-state index in [0.29, 0.717) is 26.1 Å². The lowest BCUT2D eigenvalue weighted by Crippen LogP contribution is -2.26. The average molecular weight is 440 g/mol. The molecule has 5 heteroatoms. The molecule has 1 amide bonds. The number of fused-ring (bicyclic) bond motifs is 1. The Hall–Kier alpha value is -3.60. The quantitative estimate of drug-likeness (QED) is 0.395. The molecular formula is C28H29N3O2. The number of ether oxygens (including phenoxy) is 1. The molecule has 33 heavy (non-hydrogen) atoms. The fourth-order valence-corrected chi connectivity index (χ4v) is 4.93. The second-order valence-electron chi connectivity index (χ2n) is 8.92. The first-order valence-corrected chi connectivity index (χ1v) is 11.5. The van der Waals surface area contributed by atoms with Crippen molar-refractivity contribution in [2.45, 2.75) is 39.7 Å². The molecule has 0 N–H and O–H groups in total. The van der Waals surface area contributed by atoms with E-state index in [2.05, 4.69) is 49.6 Å². The number of imidazole rings is 1. The topological polar surface area (TPSA) is 47.4 Å². The minimum absolute atomic E-state index is 0.0443. The zero-order valence-corrected chi connectivity index (χ0v) is 19.4. The Morgan fingerprint density at radius 1 is 0.970 bits per heavy atom. The third-order valence-electron chi connectivity index (χ3n) is 6.46. The summed E-state index contributed by atoms with van der Waals surface area (Å²) < 4.78 is 8.28. The fourth-order valence-electron chi connectivity index (χ4n) is 4.93. The molecule has 1 aromatic heterocycles. The van der Waals surface area contributed by atoms with Crippen molar-refractivity contribution in [1.82, 2.24) is 9.55 Å². The van der Waals surface area contributed by atoms with Gasteiger partial charge in [0, 0.05) is 24.6 Å². The molecule has 0 bridgehead atoms. The first kappa shape index (κ1) is 21.3. The van der Waals surface area contributed by atoms with Crippen LogP contribution in [0.5, 0.6) is 5.75 Å². The van der Waals surface area contributed by atoms with Gasteiger partial charge in [0.15, 0.2) is 0 Å². The molecule has 1 fully saturated rings. The van der Waals surface area contributed by atoms with Crippen LogP contribution in [0.1, 0.15) is 34.9 Å². The normalized spacial score (nSPS) is 16.0. The predicted molar refractivity (Wildman–Crippen MR) is 132 cm³/mol. The number of aromatic nitrogens is 2. The van der Waals surface area contributed by atoms with Gasteiger partial charge in [-0.3, -0.25) is 4.79 Å². The Morgan fingerprint density at radius 2 is 1.73 bits per heavy atom. The number of nitrogens with zero attached hydrogens (tertiary/aromatic N) is 3. The van der Waals surface area contributed by atoms with Crippen molar-refractivity contribution in [3.8, 4) is 5.75 Å². The van der Waals surface area contributed by atoms with Crippen molar-refractivity contribution >= 4 is 22.6 Å². The fraction of sp³-hybridized carbons (Fsp3) is 0.286. The molecule has 5 rings (SSSR count). The van der Waals surface area contributed by atoms with E-state index >= 15 is 0 Å². The molecule has 0 unspecified atom stereocenters. The number of hydrogen-bond donors (Lipinski definition) is 0. The van der Waals surface area contributed by atoms with Gasteiger partial charge in [-0.05, 0) is 61.7 Å². The molecule has 1 aliphatic heterocycles. The van der Waals surface area contributed by atoms with E-state index in [9.17, 15) is 4.79 Å². The third kappa shape index (κ3) is 4.11. The molecular weight excluding hydrogens is 410 g/mol. The van der Waals surface area contributed by atoms with Crippen LogP contribution in [0, 0.1) is 20.8 Å². The SMILES string of the molecule is Cc1cccc(OCCn2c([C@@H]3CC(=O)N(c4c(C)cccc4C)C3)nc3ccccc32)c1. The zero-order valence-electron chi connectivity index (χ0n) is 19.4. The standard InChI is InChI=1S/C28H29N3O2/c1-19-8-6-11-23(16-19)33-15-14-30-25-13-5-4-12-24(25)29-28(30)22-17-26(32)31(18-22)27-20(2)9-7-10-21(27)3/h4-13,16,22H,14-15,17-18H2,1-3H3/t22-/m1/s1. The lowest BCUT2D eigenvalue weighted by molar-refractivity contribution is -0.117. The lowest BCUT2D eigenvalue weighted by Gasteiger charge is -2.21. The highest BCUT2D eigenvalue weighted by Crippen LogP contribution is 2.36. The summed E-state index contributed by atoms with van der Waals surface area (Å²) in [5.74, 6) is 2.04. The van der Waals surface area contributed by atoms with Gasteiger partial charge in [-0.1, -0.05) is 42.5 Å². The summed E-state index contributed by atoms with van der Waals surface area (Å²) in [5.41, 5.74) is 6.51. The Morgan fingerprint density at radius 3 is 2.52 bits per heavy atom. The molecule has 3 aromatic carbocycles. The molecule has 5 nitrogen and oxygen atoms in total. The second-order valence-corrected chi connectivity index (χ2v) is 8.92. The number of carbonyl (C=O) groups excluding carboxylic acids is 1. The van der Waals surface area contributed by atoms with E-state index in [-0.39, 0.29) is 11.8 Å². The van der Waals surface area contributed by atoms with Crippen LogP contribution in [-0.2, 0) is 11.3 Å². The van der Waals surface area contributed by atoms with Crippen LogP contribution in [0.15, 0.2) is 66.7 Å². The minimum atomic E-state index is 0.0443. The molecule has 168 valence electrons. The van der Waals surface area contributed by atoms with Gasteiger partial charge in [0.05, 0.1) is 17.6 Å². The molecule has 0 aliphatic carbocycles. The minimum Gasteiger partial charge on any atom is -0.492 e. The summed E-state index contributed by atoms with van der Waals surface area (Å²) >= 11 is 0. The molecule has 0 saturated carbocycles. The largest absolute Gasteiger partial charge is 0.492 e. The number of para-hydroxylation sites is 3. The number of amides is 1. The zero-order chi connectivity index (χ0) is 22.9. The van der Waals surface area contributed by atoms with E-state index in [1.165, 1.54) is 5.56 Å². The first-order valence-electron chi connectivity index (χ1n) is 11.5. The summed E-state index contributed by atoms with van der Waals surface area (Å²) in [4.78, 5) is 20.0. The second kappa shape index (κ2) is 8.74. The van der Waals surface area contributed by atoms with Gasteiger partial charge in [-0.15, -0.1) is 0 Å². The average Bonchev–Trinajstić information content (AvgIpc) is 3.35. The molecule has 4 aromatic rings. The molecule has 0 spiro atoms. The van der Waals surface area contributed by atoms with Gasteiger partial charge in [-0.25, -0.2) is 4.98 Å². The van der Waals surface area contributed by atoms with Gasteiger partial charge >= 0.3 is 0 Å². The van der Waals surface area contributed by atoms with Crippen molar-refractivity contribution in [3.05, 3.63) is 89.2 Å². The van der Waals surface area contributed by atoms with Crippen LogP contribution in [0.25, 0.3) is 11.0 Å². The van der Waals surface area contributed by atoms with E-state index in [1.54, 1.807) is 0 Å². The highest BCUT2D eigenvalue weighted by molar-refractivity contribution is 5.98. The van der Waals surface area contributed by atoms with Crippen LogP contribution in [0.2, 0.25) is 0 Å². The maximum atomic E-state index is 13.1. The van der Waals surface area contributed by atoms with E-state index in [1.807, 2.05) is 47.4 Å². The smallest absolute Gasteiger partial charge is 0.227 e. The van der Waals surface area contributed by atoms with Crippen molar-refractivity contribution < 1.29 is 9.53 Å². The Bertz CT molecular complexity index is 1300. The third-order valence-corrected chi connectivity index (χ3v) is 6.46. The van der Waals surface area contributed by atoms with Gasteiger partial charge < -0.3 is 14.2 Å². The number of carbonyl (C=O) groups is 1. The molecule has 1 saturated heterocycles. The van der Waals surface area contributed by atoms with Crippen LogP contribution >= 0.6 is 0 Å². The van der Waals surface area contributed by atoms with Crippen molar-refractivity contribution in [2.75, 3.05) is 18.1 Å². The monoisotopic (exact) mass is 439 g/mol. The summed E-state index contributed by atoms with van der Waals surface area (Å²) in [6.07, 6.45) is 0.468. The number of aryl methyl sites for hydroxylation is 3. The van der Waals surface area contributed by atoms with Crippen molar-refractivity contribution in [1.29, 1.82) is 0 Å². The molecule has 1 atom stereocenters. The van der Waals surface area contributed by atoms with Crippen molar-refractivity contribution in [3.63, 3.8) is 0 Å². The van der Waals surface area contributed by atoms with Crippen LogP contribution in [0.3, 0.4) is 0 Å². The number of hydrogen-bond acceptors (Lipinski definition) is 3. The molecule has 2 heterocycles. The Balaban J connectivity index is 1.43. The van der Waals surface area contributed by atoms with Crippen LogP contribution in [0.4, 0.5) is 5.69 Å². The van der Waals surface area contributed by atoms with Crippen LogP contribution < -0.4 is 9.64 Å². The van der Waals surface area contributed by atoms with E-state index in [0.717, 1.165) is 39.4 Å². The maximum Gasteiger partial charge on any atom is 0.227 e. The summed E-state index contributed by atoms with van der Waals surface area (Å²) in [7, 11) is 0. The first-order chi connectivity index (χ1) is 16.0. The van der Waals surface area contributed by atoms with Crippen LogP contribution in [-0.4, -0.2) is 28.6 Å². The van der Waals surface area contributed by atoms with E-state index < -0.39 is 0 Å². The van der Waals surface area contributed by atoms with Gasteiger partial charge in [0.1, 0.15) is 18.2 Å². The Kier molecular flexibility index (Phi) is 5.63. The highest BCUT2D eigenvalue weighted by atomic mass is 16.5. The Labute approximate surface area is 194 Å². The highest BCUT2D eigenvalue weighted by Gasteiger charge is 2.35. The van der Waals surface area contributed by atoms with Gasteiger partial charge in [-0.2, -0.15) is 0 Å². The predicted octanol–water partition coefficient (Wildman–Crippen LogP) is 5.56. The van der Waals surface area contributed by atoms with E-state index in [4.69, 9.17) is 9.72 Å². The summed E-state index contributed by atoms with van der Waals surface area (Å²) in [6.45, 7) is 8.07. The summed E-state index contributed by atoms with van der Waals surface area (Å²) in [6, 6.07) is 22.5. The number of benzene rings is 3. The van der Waals surface area contributed by atoms with Gasteiger partial charge in [0.25, 0.3) is 0 Å². The molecule has 0 radical (unpaired) electrons. The summed E-state index contributed by atoms with van der Waals surface area (Å²) in [5, 5.41) is 0. The van der Waals surface area contributed by atoms with Gasteiger partial charge in [0.2, 0.25) is 5.91 Å². The maximum absolute atomic E-state index is 13.1.